The summed E-state index contributed by atoms with van der Waals surface area (Å²) in [6.45, 7) is 2.36. The number of quaternary nitrogens is 1. The summed E-state index contributed by atoms with van der Waals surface area (Å²) >= 11 is 0. The van der Waals surface area contributed by atoms with Crippen molar-refractivity contribution in [1.82, 2.24) is 9.88 Å². The second-order valence-electron chi connectivity index (χ2n) is 8.05. The number of likely N-dealkylation sites (N-methyl/N-ethyl adjacent to an activating group) is 1. The van der Waals surface area contributed by atoms with Crippen LogP contribution in [0.15, 0.2) is 67.7 Å². The third-order valence-electron chi connectivity index (χ3n) is 5.25. The zero-order valence-corrected chi connectivity index (χ0v) is 18.0. The van der Waals surface area contributed by atoms with Crippen molar-refractivity contribution in [3.8, 4) is 0 Å². The molecule has 1 N–H and O–H groups in total. The Bertz CT molecular complexity index is 1270. The monoisotopic (exact) mass is 437 g/mol. The minimum atomic E-state index is -0.655. The molecule has 0 radical (unpaired) electrons. The van der Waals surface area contributed by atoms with Crippen LogP contribution in [0.5, 0.6) is 0 Å². The Morgan fingerprint density at radius 3 is 2.56 bits per heavy atom. The summed E-state index contributed by atoms with van der Waals surface area (Å²) in [5.74, 6) is -0.854. The molecule has 10 heteroatoms. The maximum atomic E-state index is 12.3. The number of aryl methyl sites for hydroxylation is 1. The number of hydrogen-bond acceptors (Lipinski definition) is 5. The second kappa shape index (κ2) is 9.95. The minimum Gasteiger partial charge on any atom is -0.372 e. The lowest BCUT2D eigenvalue weighted by Gasteiger charge is -2.30. The molecule has 1 heterocycles. The first-order chi connectivity index (χ1) is 15.3. The zero-order chi connectivity index (χ0) is 23.1. The number of aromatic nitrogens is 1. The largest absolute Gasteiger partial charge is 0.422 e. The van der Waals surface area contributed by atoms with Gasteiger partial charge in [0.25, 0.3) is 5.91 Å². The standard InChI is InChI=1S/C22H24N6O4/c1-28(2,15-12-24-20(29)16-8-10-17(11-9-16)25-26-23)14-5-13-27-19-7-4-3-6-18(19)21(30)32-22(27)31/h3-4,6-11H,5,12-15H2,1-2H3/p+1. The van der Waals surface area contributed by atoms with Gasteiger partial charge in [-0.25, -0.2) is 9.59 Å². The molecule has 0 spiro atoms. The van der Waals surface area contributed by atoms with E-state index in [0.29, 0.717) is 52.7 Å². The molecule has 0 unspecified atom stereocenters. The highest BCUT2D eigenvalue weighted by atomic mass is 16.4. The van der Waals surface area contributed by atoms with Gasteiger partial charge < -0.3 is 14.2 Å². The van der Waals surface area contributed by atoms with Gasteiger partial charge >= 0.3 is 11.4 Å². The van der Waals surface area contributed by atoms with E-state index < -0.39 is 11.4 Å². The smallest absolute Gasteiger partial charge is 0.372 e. The molecule has 1 aromatic heterocycles. The predicted molar refractivity (Wildman–Crippen MR) is 121 cm³/mol. The fourth-order valence-corrected chi connectivity index (χ4v) is 3.46. The first-order valence-corrected chi connectivity index (χ1v) is 10.2. The van der Waals surface area contributed by atoms with E-state index >= 15 is 0 Å². The molecule has 0 aliphatic rings. The molecular weight excluding hydrogens is 412 g/mol. The van der Waals surface area contributed by atoms with Crippen LogP contribution in [-0.4, -0.2) is 48.7 Å². The summed E-state index contributed by atoms with van der Waals surface area (Å²) < 4.78 is 6.96. The molecule has 2 aromatic carbocycles. The quantitative estimate of drug-likeness (QED) is 0.239. The molecule has 32 heavy (non-hydrogen) atoms. The highest BCUT2D eigenvalue weighted by Crippen LogP contribution is 2.13. The van der Waals surface area contributed by atoms with E-state index in [2.05, 4.69) is 15.3 Å². The Kier molecular flexibility index (Phi) is 7.09. The van der Waals surface area contributed by atoms with Gasteiger partial charge in [0.15, 0.2) is 0 Å². The number of para-hydroxylation sites is 1. The SMILES string of the molecule is C[N+](C)(CCCn1c(=O)oc(=O)c2ccccc21)CCNC(=O)c1ccc(N=[N+]=[N-])cc1. The Morgan fingerprint density at radius 2 is 1.84 bits per heavy atom. The number of amides is 1. The number of azide groups is 1. The number of benzene rings is 2. The average molecular weight is 437 g/mol. The van der Waals surface area contributed by atoms with Crippen molar-refractivity contribution in [3.63, 3.8) is 0 Å². The van der Waals surface area contributed by atoms with Gasteiger partial charge in [-0.2, -0.15) is 0 Å². The van der Waals surface area contributed by atoms with Crippen LogP contribution in [0.3, 0.4) is 0 Å². The van der Waals surface area contributed by atoms with Crippen LogP contribution in [-0.2, 0) is 6.54 Å². The normalized spacial score (nSPS) is 11.2. The van der Waals surface area contributed by atoms with E-state index in [9.17, 15) is 14.4 Å². The summed E-state index contributed by atoms with van der Waals surface area (Å²) in [7, 11) is 4.10. The van der Waals surface area contributed by atoms with Gasteiger partial charge in [0.1, 0.15) is 0 Å². The van der Waals surface area contributed by atoms with Crippen LogP contribution in [0.25, 0.3) is 21.3 Å². The van der Waals surface area contributed by atoms with Gasteiger partial charge in [-0.05, 0) is 29.8 Å². The third kappa shape index (κ3) is 5.63. The van der Waals surface area contributed by atoms with E-state index in [4.69, 9.17) is 9.95 Å². The number of rotatable bonds is 9. The summed E-state index contributed by atoms with van der Waals surface area (Å²) in [6, 6.07) is 13.3. The van der Waals surface area contributed by atoms with Crippen molar-refractivity contribution in [2.24, 2.45) is 5.11 Å². The summed E-state index contributed by atoms with van der Waals surface area (Å²) in [5.41, 5.74) is 9.32. The Hall–Kier alpha value is -3.88. The average Bonchev–Trinajstić information content (AvgIpc) is 2.76. The van der Waals surface area contributed by atoms with Crippen molar-refractivity contribution in [2.45, 2.75) is 13.0 Å². The molecule has 0 saturated carbocycles. The lowest BCUT2D eigenvalue weighted by Crippen LogP contribution is -2.46. The topological polar surface area (TPSA) is 130 Å². The molecule has 10 nitrogen and oxygen atoms in total. The van der Waals surface area contributed by atoms with Crippen LogP contribution in [0, 0.1) is 0 Å². The molecular formula is C22H25N6O4+. The van der Waals surface area contributed by atoms with Gasteiger partial charge in [0.2, 0.25) is 0 Å². The van der Waals surface area contributed by atoms with Crippen molar-refractivity contribution in [1.29, 1.82) is 0 Å². The van der Waals surface area contributed by atoms with E-state index in [1.54, 1.807) is 48.5 Å². The minimum absolute atomic E-state index is 0.199. The van der Waals surface area contributed by atoms with E-state index in [1.807, 2.05) is 14.1 Å². The first-order valence-electron chi connectivity index (χ1n) is 10.2. The highest BCUT2D eigenvalue weighted by molar-refractivity contribution is 5.94. The van der Waals surface area contributed by atoms with Crippen molar-refractivity contribution in [2.75, 3.05) is 33.7 Å². The van der Waals surface area contributed by atoms with E-state index in [0.717, 1.165) is 6.54 Å². The van der Waals surface area contributed by atoms with E-state index in [1.165, 1.54) is 4.57 Å². The summed E-state index contributed by atoms with van der Waals surface area (Å²) in [6.07, 6.45) is 0.694. The van der Waals surface area contributed by atoms with Crippen LogP contribution >= 0.6 is 0 Å². The van der Waals surface area contributed by atoms with Crippen LogP contribution in [0.4, 0.5) is 5.69 Å². The Morgan fingerprint density at radius 1 is 1.12 bits per heavy atom. The lowest BCUT2D eigenvalue weighted by molar-refractivity contribution is -0.889. The zero-order valence-electron chi connectivity index (χ0n) is 18.0. The van der Waals surface area contributed by atoms with Crippen molar-refractivity contribution in [3.05, 3.63) is 85.5 Å². The molecule has 166 valence electrons. The maximum Gasteiger partial charge on any atom is 0.422 e. The molecule has 0 aliphatic heterocycles. The molecule has 3 rings (SSSR count). The maximum absolute atomic E-state index is 12.3. The summed E-state index contributed by atoms with van der Waals surface area (Å²) in [5, 5.41) is 6.76. The van der Waals surface area contributed by atoms with Gasteiger partial charge in [-0.15, -0.1) is 0 Å². The molecule has 0 atom stereocenters. The van der Waals surface area contributed by atoms with Gasteiger partial charge in [0.05, 0.1) is 44.6 Å². The second-order valence-corrected chi connectivity index (χ2v) is 8.05. The fraction of sp³-hybridized carbons (Fsp3) is 0.318. The summed E-state index contributed by atoms with van der Waals surface area (Å²) in [4.78, 5) is 39.0. The molecule has 0 bridgehead atoms. The number of carbonyl (C=O) groups excluding carboxylic acids is 1. The van der Waals surface area contributed by atoms with Gasteiger partial charge in [-0.3, -0.25) is 9.36 Å². The van der Waals surface area contributed by atoms with Gasteiger partial charge in [-0.1, -0.05) is 29.4 Å². The highest BCUT2D eigenvalue weighted by Gasteiger charge is 2.16. The fourth-order valence-electron chi connectivity index (χ4n) is 3.46. The number of nitrogens with one attached hydrogen (secondary N) is 1. The van der Waals surface area contributed by atoms with Crippen molar-refractivity contribution >= 4 is 22.5 Å². The molecule has 0 saturated heterocycles. The predicted octanol–water partition coefficient (Wildman–Crippen LogP) is 2.79. The molecule has 0 fully saturated rings. The van der Waals surface area contributed by atoms with Crippen LogP contribution in [0.2, 0.25) is 0 Å². The first kappa shape index (κ1) is 22.8. The Labute approximate surface area is 183 Å². The van der Waals surface area contributed by atoms with Crippen LogP contribution in [0.1, 0.15) is 16.8 Å². The number of hydrogen-bond donors (Lipinski definition) is 1. The van der Waals surface area contributed by atoms with E-state index in [-0.39, 0.29) is 5.91 Å². The number of fused-ring (bicyclic) bond motifs is 1. The number of carbonyl (C=O) groups is 1. The Balaban J connectivity index is 1.52. The molecule has 1 amide bonds. The van der Waals surface area contributed by atoms with Crippen molar-refractivity contribution < 1.29 is 13.7 Å². The lowest BCUT2D eigenvalue weighted by atomic mass is 10.2. The van der Waals surface area contributed by atoms with Crippen LogP contribution < -0.4 is 16.7 Å². The number of nitrogens with zero attached hydrogens (tertiary/aromatic N) is 5. The van der Waals surface area contributed by atoms with Gasteiger partial charge in [0, 0.05) is 29.1 Å². The third-order valence-corrected chi connectivity index (χ3v) is 5.25. The molecule has 3 aromatic rings. The molecule has 0 aliphatic carbocycles.